The highest BCUT2D eigenvalue weighted by atomic mass is 16.5. The Labute approximate surface area is 204 Å². The molecular weight excluding hydrogens is 448 g/mol. The number of carboxylic acids is 1. The number of hydrogen-bond donors (Lipinski definition) is 4. The summed E-state index contributed by atoms with van der Waals surface area (Å²) in [5, 5.41) is 23.7. The van der Waals surface area contributed by atoms with Crippen LogP contribution in [0, 0.1) is 5.92 Å². The average Bonchev–Trinajstić information content (AvgIpc) is 3.49. The Morgan fingerprint density at radius 1 is 0.971 bits per heavy atom. The van der Waals surface area contributed by atoms with Gasteiger partial charge in [0.15, 0.2) is 6.10 Å². The average molecular weight is 481 g/mol. The van der Waals surface area contributed by atoms with Gasteiger partial charge in [-0.05, 0) is 41.0 Å². The molecule has 0 heterocycles. The zero-order valence-corrected chi connectivity index (χ0v) is 19.6. The molecule has 0 saturated heterocycles. The van der Waals surface area contributed by atoms with Gasteiger partial charge in [-0.25, -0.2) is 9.59 Å². The molecule has 4 N–H and O–H groups in total. The largest absolute Gasteiger partial charge is 0.479 e. The van der Waals surface area contributed by atoms with Crippen LogP contribution in [-0.2, 0) is 14.3 Å². The highest BCUT2D eigenvalue weighted by Crippen LogP contribution is 2.44. The fourth-order valence-electron chi connectivity index (χ4n) is 5.23. The van der Waals surface area contributed by atoms with Gasteiger partial charge in [0.05, 0.1) is 0 Å². The summed E-state index contributed by atoms with van der Waals surface area (Å²) in [6, 6.07) is 15.9. The van der Waals surface area contributed by atoms with E-state index in [-0.39, 0.29) is 49.8 Å². The molecule has 35 heavy (non-hydrogen) atoms. The number of hydrogen-bond acceptors (Lipinski definition) is 5. The molecule has 1 fully saturated rings. The Balaban J connectivity index is 1.34. The van der Waals surface area contributed by atoms with Gasteiger partial charge in [0, 0.05) is 31.3 Å². The molecule has 2 aliphatic rings. The first-order chi connectivity index (χ1) is 16.9. The lowest BCUT2D eigenvalue weighted by Crippen LogP contribution is -2.44. The number of benzene rings is 2. The number of aliphatic hydroxyl groups is 1. The van der Waals surface area contributed by atoms with Crippen LogP contribution in [0.5, 0.6) is 0 Å². The third-order valence-corrected chi connectivity index (χ3v) is 7.05. The molecule has 2 aromatic carbocycles. The van der Waals surface area contributed by atoms with Crippen molar-refractivity contribution in [1.82, 2.24) is 10.6 Å². The van der Waals surface area contributed by atoms with Crippen molar-refractivity contribution in [3.63, 3.8) is 0 Å². The van der Waals surface area contributed by atoms with E-state index < -0.39 is 18.2 Å². The van der Waals surface area contributed by atoms with E-state index in [1.165, 1.54) is 0 Å². The Bertz CT molecular complexity index is 1020. The minimum absolute atomic E-state index is 0.0398. The van der Waals surface area contributed by atoms with Gasteiger partial charge >= 0.3 is 12.1 Å². The summed E-state index contributed by atoms with van der Waals surface area (Å²) in [5.74, 6) is -1.47. The van der Waals surface area contributed by atoms with Crippen molar-refractivity contribution in [3.05, 3.63) is 59.7 Å². The van der Waals surface area contributed by atoms with Crippen molar-refractivity contribution in [3.8, 4) is 11.1 Å². The van der Waals surface area contributed by atoms with E-state index in [2.05, 4.69) is 34.9 Å². The molecule has 1 saturated carbocycles. The number of amides is 2. The van der Waals surface area contributed by atoms with E-state index in [0.717, 1.165) is 47.9 Å². The zero-order chi connectivity index (χ0) is 24.8. The molecule has 1 unspecified atom stereocenters. The van der Waals surface area contributed by atoms with Crippen LogP contribution in [0.3, 0.4) is 0 Å². The van der Waals surface area contributed by atoms with Gasteiger partial charge in [0.2, 0.25) is 5.91 Å². The summed E-state index contributed by atoms with van der Waals surface area (Å²) < 4.78 is 5.67. The topological polar surface area (TPSA) is 125 Å². The van der Waals surface area contributed by atoms with Crippen LogP contribution in [0.15, 0.2) is 48.5 Å². The van der Waals surface area contributed by atoms with Crippen LogP contribution in [0.2, 0.25) is 0 Å². The summed E-state index contributed by atoms with van der Waals surface area (Å²) in [6.45, 7) is 0.255. The number of aliphatic carboxylic acids is 1. The Kier molecular flexibility index (Phi) is 8.02. The third kappa shape index (κ3) is 6.00. The lowest BCUT2D eigenvalue weighted by Gasteiger charge is -2.24. The molecule has 0 aliphatic heterocycles. The zero-order valence-electron chi connectivity index (χ0n) is 19.6. The standard InChI is InChI=1S/C27H32N2O6/c30-24(26(32)33)13-14-28-25(31)15-23(17-7-1-2-8-17)29-27(34)35-16-22-20-11-5-3-9-18(20)19-10-4-6-12-21(19)22/h3-6,9-12,17,22-24,30H,1-2,7-8,13-16H2,(H,28,31)(H,29,34)(H,32,33)/t23?,24-/m0/s1. The van der Waals surface area contributed by atoms with Crippen molar-refractivity contribution in [2.75, 3.05) is 13.2 Å². The van der Waals surface area contributed by atoms with Crippen LogP contribution in [-0.4, -0.2) is 53.5 Å². The molecular formula is C27H32N2O6. The Morgan fingerprint density at radius 3 is 2.17 bits per heavy atom. The predicted molar refractivity (Wildman–Crippen MR) is 130 cm³/mol. The maximum atomic E-state index is 12.8. The number of rotatable bonds is 10. The van der Waals surface area contributed by atoms with Crippen molar-refractivity contribution < 1.29 is 29.3 Å². The molecule has 0 bridgehead atoms. The third-order valence-electron chi connectivity index (χ3n) is 7.05. The highest BCUT2D eigenvalue weighted by Gasteiger charge is 2.31. The monoisotopic (exact) mass is 480 g/mol. The Morgan fingerprint density at radius 2 is 1.57 bits per heavy atom. The number of ether oxygens (including phenoxy) is 1. The predicted octanol–water partition coefficient (Wildman–Crippen LogP) is 3.43. The fourth-order valence-corrected chi connectivity index (χ4v) is 5.23. The lowest BCUT2D eigenvalue weighted by atomic mass is 9.95. The second-order valence-corrected chi connectivity index (χ2v) is 9.32. The molecule has 4 rings (SSSR count). The first kappa shape index (κ1) is 24.7. The lowest BCUT2D eigenvalue weighted by molar-refractivity contribution is -0.147. The molecule has 2 atom stereocenters. The maximum absolute atomic E-state index is 12.8. The van der Waals surface area contributed by atoms with E-state index in [0.29, 0.717) is 0 Å². The Hall–Kier alpha value is -3.39. The summed E-state index contributed by atoms with van der Waals surface area (Å²) >= 11 is 0. The first-order valence-corrected chi connectivity index (χ1v) is 12.2. The van der Waals surface area contributed by atoms with Crippen molar-refractivity contribution in [2.24, 2.45) is 5.92 Å². The van der Waals surface area contributed by atoms with E-state index in [1.54, 1.807) is 0 Å². The smallest absolute Gasteiger partial charge is 0.407 e. The molecule has 0 radical (unpaired) electrons. The van der Waals surface area contributed by atoms with E-state index in [4.69, 9.17) is 9.84 Å². The minimum atomic E-state index is -1.51. The normalized spacial score (nSPS) is 16.7. The number of alkyl carbamates (subject to hydrolysis) is 1. The van der Waals surface area contributed by atoms with Crippen LogP contribution >= 0.6 is 0 Å². The van der Waals surface area contributed by atoms with Gasteiger partial charge in [0.25, 0.3) is 0 Å². The van der Waals surface area contributed by atoms with Crippen LogP contribution in [0.25, 0.3) is 11.1 Å². The van der Waals surface area contributed by atoms with Gasteiger partial charge < -0.3 is 25.6 Å². The van der Waals surface area contributed by atoms with Crippen LogP contribution < -0.4 is 10.6 Å². The second kappa shape index (κ2) is 11.4. The number of carbonyl (C=O) groups excluding carboxylic acids is 2. The summed E-state index contributed by atoms with van der Waals surface area (Å²) in [6.07, 6.45) is 1.92. The molecule has 0 aromatic heterocycles. The number of carboxylic acid groups (broad SMARTS) is 1. The van der Waals surface area contributed by atoms with E-state index >= 15 is 0 Å². The van der Waals surface area contributed by atoms with Gasteiger partial charge in [0.1, 0.15) is 6.61 Å². The van der Waals surface area contributed by atoms with Crippen LogP contribution in [0.4, 0.5) is 4.79 Å². The quantitative estimate of drug-likeness (QED) is 0.413. The van der Waals surface area contributed by atoms with E-state index in [1.807, 2.05) is 24.3 Å². The second-order valence-electron chi connectivity index (χ2n) is 9.32. The van der Waals surface area contributed by atoms with E-state index in [9.17, 15) is 19.5 Å². The van der Waals surface area contributed by atoms with Crippen molar-refractivity contribution >= 4 is 18.0 Å². The molecule has 0 spiro atoms. The number of fused-ring (bicyclic) bond motifs is 3. The molecule has 2 amide bonds. The maximum Gasteiger partial charge on any atom is 0.407 e. The first-order valence-electron chi connectivity index (χ1n) is 12.2. The summed E-state index contributed by atoms with van der Waals surface area (Å²) in [5.41, 5.74) is 4.59. The van der Waals surface area contributed by atoms with Crippen molar-refractivity contribution in [2.45, 2.75) is 56.6 Å². The van der Waals surface area contributed by atoms with Crippen LogP contribution in [0.1, 0.15) is 55.6 Å². The molecule has 186 valence electrons. The molecule has 8 nitrogen and oxygen atoms in total. The molecule has 2 aliphatic carbocycles. The van der Waals surface area contributed by atoms with Gasteiger partial charge in [-0.1, -0.05) is 61.4 Å². The number of aliphatic hydroxyl groups excluding tert-OH is 1. The fraction of sp³-hybridized carbons (Fsp3) is 0.444. The highest BCUT2D eigenvalue weighted by molar-refractivity contribution is 5.80. The number of nitrogens with one attached hydrogen (secondary N) is 2. The molecule has 8 heteroatoms. The van der Waals surface area contributed by atoms with Gasteiger partial charge in [-0.15, -0.1) is 0 Å². The summed E-state index contributed by atoms with van der Waals surface area (Å²) in [4.78, 5) is 36.0. The SMILES string of the molecule is O=C(CC(NC(=O)OCC1c2ccccc2-c2ccccc21)C1CCCC1)NCC[C@H](O)C(=O)O. The van der Waals surface area contributed by atoms with Crippen molar-refractivity contribution in [1.29, 1.82) is 0 Å². The van der Waals surface area contributed by atoms with Gasteiger partial charge in [-0.2, -0.15) is 0 Å². The minimum Gasteiger partial charge on any atom is -0.479 e. The molecule has 2 aromatic rings. The summed E-state index contributed by atoms with van der Waals surface area (Å²) in [7, 11) is 0. The van der Waals surface area contributed by atoms with Gasteiger partial charge in [-0.3, -0.25) is 4.79 Å². The number of carbonyl (C=O) groups is 3.